The lowest BCUT2D eigenvalue weighted by Gasteiger charge is -2.24. The predicted molar refractivity (Wildman–Crippen MR) is 147 cm³/mol. The molecule has 0 aliphatic heterocycles. The summed E-state index contributed by atoms with van der Waals surface area (Å²) in [4.78, 5) is 9.56. The summed E-state index contributed by atoms with van der Waals surface area (Å²) in [6, 6.07) is 11.9. The summed E-state index contributed by atoms with van der Waals surface area (Å²) in [6.45, 7) is 27.3. The number of hydrogen-bond acceptors (Lipinski definition) is 2. The van der Waals surface area contributed by atoms with Gasteiger partial charge in [0, 0.05) is 0 Å². The van der Waals surface area contributed by atoms with E-state index in [1.165, 1.54) is 33.4 Å². The first-order chi connectivity index (χ1) is 15.4. The van der Waals surface area contributed by atoms with Crippen molar-refractivity contribution in [2.24, 2.45) is 9.98 Å². The third-order valence-corrected chi connectivity index (χ3v) is 6.49. The topological polar surface area (TPSA) is 24.7 Å². The predicted octanol–water partition coefficient (Wildman–Crippen LogP) is 10.6. The van der Waals surface area contributed by atoms with Crippen molar-refractivity contribution in [2.45, 2.75) is 119 Å². The summed E-state index contributed by atoms with van der Waals surface area (Å²) < 4.78 is 0. The molecule has 2 rings (SSSR count). The van der Waals surface area contributed by atoms with E-state index in [1.807, 2.05) is 0 Å². The molecule has 2 aromatic carbocycles. The van der Waals surface area contributed by atoms with Gasteiger partial charge in [-0.2, -0.15) is 9.98 Å². The Bertz CT molecular complexity index is 934. The highest BCUT2D eigenvalue weighted by molar-refractivity contribution is 5.66. The first-order valence-electron chi connectivity index (χ1n) is 12.9. The van der Waals surface area contributed by atoms with Crippen molar-refractivity contribution in [3.05, 3.63) is 57.6 Å². The summed E-state index contributed by atoms with van der Waals surface area (Å²) in [5.74, 6) is 2.69. The van der Waals surface area contributed by atoms with Crippen molar-refractivity contribution < 1.29 is 0 Å². The van der Waals surface area contributed by atoms with Crippen molar-refractivity contribution in [3.8, 4) is 0 Å². The average molecular weight is 447 g/mol. The highest BCUT2D eigenvalue weighted by Gasteiger charge is 2.21. The molecule has 0 saturated carbocycles. The normalized spacial score (nSPS) is 11.9. The van der Waals surface area contributed by atoms with Crippen LogP contribution in [0.2, 0.25) is 0 Å². The molecule has 0 N–H and O–H groups in total. The third-order valence-electron chi connectivity index (χ3n) is 6.49. The van der Waals surface area contributed by atoms with Gasteiger partial charge < -0.3 is 0 Å². The van der Waals surface area contributed by atoms with Crippen molar-refractivity contribution in [2.75, 3.05) is 0 Å². The van der Waals surface area contributed by atoms with Crippen molar-refractivity contribution >= 4 is 17.4 Å². The van der Waals surface area contributed by atoms with E-state index in [0.29, 0.717) is 35.5 Å². The van der Waals surface area contributed by atoms with Crippen LogP contribution in [-0.2, 0) is 0 Å². The zero-order chi connectivity index (χ0) is 25.0. The molecule has 2 heteroatoms. The fourth-order valence-corrected chi connectivity index (χ4v) is 5.12. The lowest BCUT2D eigenvalue weighted by Crippen LogP contribution is -2.06. The molecule has 2 aromatic rings. The van der Waals surface area contributed by atoms with Crippen molar-refractivity contribution in [1.82, 2.24) is 0 Å². The van der Waals surface area contributed by atoms with Crippen LogP contribution in [0.5, 0.6) is 0 Å². The zero-order valence-electron chi connectivity index (χ0n) is 23.2. The lowest BCUT2D eigenvalue weighted by atomic mass is 9.82. The quantitative estimate of drug-likeness (QED) is 0.360. The van der Waals surface area contributed by atoms with Crippen LogP contribution in [0.3, 0.4) is 0 Å². The number of aliphatic imine (C=N–C) groups is 2. The van der Waals surface area contributed by atoms with E-state index < -0.39 is 0 Å². The Morgan fingerprint density at radius 2 is 0.727 bits per heavy atom. The maximum atomic E-state index is 4.78. The number of hydrogen-bond donors (Lipinski definition) is 0. The average Bonchev–Trinajstić information content (AvgIpc) is 2.71. The van der Waals surface area contributed by atoms with Gasteiger partial charge >= 0.3 is 0 Å². The second-order valence-electron chi connectivity index (χ2n) is 11.3. The van der Waals surface area contributed by atoms with Crippen LogP contribution in [0, 0.1) is 0 Å². The largest absolute Gasteiger partial charge is 0.187 e. The van der Waals surface area contributed by atoms with Crippen molar-refractivity contribution in [3.63, 3.8) is 0 Å². The summed E-state index contributed by atoms with van der Waals surface area (Å²) in [5, 5.41) is 0. The second-order valence-corrected chi connectivity index (χ2v) is 11.3. The highest BCUT2D eigenvalue weighted by atomic mass is 14.8. The van der Waals surface area contributed by atoms with E-state index in [2.05, 4.69) is 113 Å². The van der Waals surface area contributed by atoms with Crippen LogP contribution in [-0.4, -0.2) is 6.01 Å². The van der Waals surface area contributed by atoms with Gasteiger partial charge in [-0.3, -0.25) is 0 Å². The highest BCUT2D eigenvalue weighted by Crippen LogP contribution is 2.40. The zero-order valence-corrected chi connectivity index (χ0v) is 23.2. The van der Waals surface area contributed by atoms with Crippen LogP contribution in [0.1, 0.15) is 152 Å². The number of rotatable bonds is 8. The summed E-state index contributed by atoms with van der Waals surface area (Å²) in [5.41, 5.74) is 10.4. The Morgan fingerprint density at radius 3 is 0.970 bits per heavy atom. The lowest BCUT2D eigenvalue weighted by molar-refractivity contribution is 0.748. The Balaban J connectivity index is 2.70. The second kappa shape index (κ2) is 11.3. The van der Waals surface area contributed by atoms with Crippen LogP contribution in [0.4, 0.5) is 11.4 Å². The Hall–Kier alpha value is -2.18. The monoisotopic (exact) mass is 446 g/mol. The van der Waals surface area contributed by atoms with E-state index in [1.54, 1.807) is 0 Å². The first kappa shape index (κ1) is 27.1. The summed E-state index contributed by atoms with van der Waals surface area (Å²) in [6.07, 6.45) is 0. The van der Waals surface area contributed by atoms with Gasteiger partial charge in [0.2, 0.25) is 0 Å². The van der Waals surface area contributed by atoms with E-state index in [9.17, 15) is 0 Å². The van der Waals surface area contributed by atoms with Gasteiger partial charge in [-0.1, -0.05) is 95.2 Å². The van der Waals surface area contributed by atoms with Gasteiger partial charge in [0.05, 0.1) is 11.4 Å². The molecule has 2 nitrogen and oxygen atoms in total. The molecule has 0 unspecified atom stereocenters. The maximum absolute atomic E-state index is 4.78. The number of benzene rings is 2. The first-order valence-corrected chi connectivity index (χ1v) is 12.9. The molecule has 0 aromatic heterocycles. The van der Waals surface area contributed by atoms with Gasteiger partial charge in [-0.15, -0.1) is 0 Å². The molecule has 0 saturated heterocycles. The van der Waals surface area contributed by atoms with Gasteiger partial charge in [-0.25, -0.2) is 0 Å². The molecule has 0 aliphatic carbocycles. The van der Waals surface area contributed by atoms with Crippen LogP contribution in [0.25, 0.3) is 0 Å². The SMILES string of the molecule is CC(C)c1ccc(N=C=Nc2ccc(C(C)C)c(C(C)C)c2C(C)C)c(C(C)C)c1C(C)C. The smallest absolute Gasteiger partial charge is 0.100 e. The number of nitrogens with zero attached hydrogens (tertiary/aromatic N) is 2. The molecule has 0 radical (unpaired) electrons. The van der Waals surface area contributed by atoms with E-state index in [4.69, 9.17) is 9.98 Å². The van der Waals surface area contributed by atoms with E-state index >= 15 is 0 Å². The minimum absolute atomic E-state index is 0.394. The fraction of sp³-hybridized carbons (Fsp3) is 0.581. The van der Waals surface area contributed by atoms with E-state index in [-0.39, 0.29) is 0 Å². The third kappa shape index (κ3) is 6.04. The molecule has 0 bridgehead atoms. The fourth-order valence-electron chi connectivity index (χ4n) is 5.12. The molecule has 0 aliphatic rings. The molecule has 0 fully saturated rings. The Labute approximate surface area is 203 Å². The summed E-state index contributed by atoms with van der Waals surface area (Å²) in [7, 11) is 0. The van der Waals surface area contributed by atoms with Crippen LogP contribution in [0.15, 0.2) is 34.3 Å². The van der Waals surface area contributed by atoms with Crippen LogP contribution < -0.4 is 0 Å². The Kier molecular flexibility index (Phi) is 9.27. The minimum atomic E-state index is 0.394. The Morgan fingerprint density at radius 1 is 0.424 bits per heavy atom. The molecule has 0 heterocycles. The molecular weight excluding hydrogens is 400 g/mol. The van der Waals surface area contributed by atoms with Gasteiger partial charge in [0.25, 0.3) is 0 Å². The molecule has 180 valence electrons. The van der Waals surface area contributed by atoms with Gasteiger partial charge in [-0.05, 0) is 81.0 Å². The molecule has 0 amide bonds. The van der Waals surface area contributed by atoms with Gasteiger partial charge in [0.1, 0.15) is 6.01 Å². The maximum Gasteiger partial charge on any atom is 0.100 e. The molecule has 33 heavy (non-hydrogen) atoms. The molecule has 0 spiro atoms. The van der Waals surface area contributed by atoms with E-state index in [0.717, 1.165) is 11.4 Å². The molecule has 0 atom stereocenters. The standard InChI is InChI=1S/C31H46N2/c1-18(2)24-13-15-26(30(22(9)10)28(24)20(5)6)32-17-33-27-16-14-25(19(3)4)29(21(7)8)31(27)23(11)12/h13-16,18-23H,1-12H3. The van der Waals surface area contributed by atoms with Crippen LogP contribution >= 0.6 is 0 Å². The summed E-state index contributed by atoms with van der Waals surface area (Å²) >= 11 is 0. The minimum Gasteiger partial charge on any atom is -0.187 e. The van der Waals surface area contributed by atoms with Gasteiger partial charge in [0.15, 0.2) is 0 Å². The van der Waals surface area contributed by atoms with Crippen molar-refractivity contribution in [1.29, 1.82) is 0 Å². The molecular formula is C31H46N2.